The largest absolute Gasteiger partial charge is 0.439 e. The molecule has 5 heteroatoms. The van der Waals surface area contributed by atoms with E-state index < -0.39 is 0 Å². The van der Waals surface area contributed by atoms with Gasteiger partial charge in [-0.3, -0.25) is 0 Å². The van der Waals surface area contributed by atoms with Crippen LogP contribution in [0.15, 0.2) is 28.7 Å². The van der Waals surface area contributed by atoms with Crippen LogP contribution in [-0.2, 0) is 7.05 Å². The fraction of sp³-hybridized carbons (Fsp3) is 0.308. The molecule has 4 nitrogen and oxygen atoms in total. The predicted octanol–water partition coefficient (Wildman–Crippen LogP) is 3.30. The van der Waals surface area contributed by atoms with Gasteiger partial charge in [0.2, 0.25) is 5.88 Å². The Morgan fingerprint density at radius 3 is 2.61 bits per heavy atom. The molecule has 0 radical (unpaired) electrons. The van der Waals surface area contributed by atoms with Gasteiger partial charge in [0.25, 0.3) is 0 Å². The molecule has 0 amide bonds. The quantitative estimate of drug-likeness (QED) is 0.946. The average molecular weight is 310 g/mol. The predicted molar refractivity (Wildman–Crippen MR) is 74.8 cm³/mol. The molecule has 18 heavy (non-hydrogen) atoms. The Morgan fingerprint density at radius 2 is 2.11 bits per heavy atom. The van der Waals surface area contributed by atoms with Crippen LogP contribution >= 0.6 is 15.9 Å². The number of aromatic nitrogens is 2. The van der Waals surface area contributed by atoms with Gasteiger partial charge in [0.1, 0.15) is 5.75 Å². The summed E-state index contributed by atoms with van der Waals surface area (Å²) in [5, 5.41) is 4.24. The highest BCUT2D eigenvalue weighted by atomic mass is 79.9. The molecule has 0 aliphatic rings. The number of aryl methyl sites for hydroxylation is 2. The Hall–Kier alpha value is -1.33. The third-order valence-corrected chi connectivity index (χ3v) is 3.33. The van der Waals surface area contributed by atoms with Gasteiger partial charge in [0.15, 0.2) is 0 Å². The molecule has 96 valence electrons. The fourth-order valence-electron chi connectivity index (χ4n) is 1.74. The van der Waals surface area contributed by atoms with E-state index in [1.54, 1.807) is 4.68 Å². The van der Waals surface area contributed by atoms with Crippen molar-refractivity contribution < 1.29 is 4.74 Å². The molecule has 0 spiro atoms. The maximum absolute atomic E-state index is 5.86. The molecule has 0 saturated heterocycles. The van der Waals surface area contributed by atoms with Crippen LogP contribution in [0, 0.1) is 6.92 Å². The van der Waals surface area contributed by atoms with Gasteiger partial charge >= 0.3 is 0 Å². The minimum absolute atomic E-state index is 0.00706. The lowest BCUT2D eigenvalue weighted by molar-refractivity contribution is 0.430. The van der Waals surface area contributed by atoms with E-state index in [-0.39, 0.29) is 6.04 Å². The van der Waals surface area contributed by atoms with Crippen molar-refractivity contribution in [2.45, 2.75) is 19.9 Å². The van der Waals surface area contributed by atoms with E-state index in [1.807, 2.05) is 45.2 Å². The maximum Gasteiger partial charge on any atom is 0.217 e. The fourth-order valence-corrected chi connectivity index (χ4v) is 2.46. The Kier molecular flexibility index (Phi) is 3.73. The topological polar surface area (TPSA) is 53.1 Å². The van der Waals surface area contributed by atoms with E-state index in [0.717, 1.165) is 21.5 Å². The summed E-state index contributed by atoms with van der Waals surface area (Å²) in [5.41, 5.74) is 7.85. The van der Waals surface area contributed by atoms with E-state index in [1.165, 1.54) is 0 Å². The first kappa shape index (κ1) is 13.1. The minimum atomic E-state index is -0.00706. The van der Waals surface area contributed by atoms with Crippen molar-refractivity contribution >= 4 is 15.9 Å². The van der Waals surface area contributed by atoms with Crippen LogP contribution in [0.1, 0.15) is 24.2 Å². The number of nitrogens with zero attached hydrogens (tertiary/aromatic N) is 2. The molecule has 0 aliphatic carbocycles. The number of nitrogens with two attached hydrogens (primary N) is 1. The molecule has 1 heterocycles. The standard InChI is InChI=1S/C13H16BrN3O/c1-8-6-13(17(3)16-8)18-10-4-5-11(9(2)15)12(14)7-10/h4-7,9H,15H2,1-3H3/t9-/m0/s1. The summed E-state index contributed by atoms with van der Waals surface area (Å²) in [6, 6.07) is 7.68. The second kappa shape index (κ2) is 5.12. The first-order valence-electron chi connectivity index (χ1n) is 5.71. The van der Waals surface area contributed by atoms with Gasteiger partial charge in [0, 0.05) is 23.6 Å². The second-order valence-corrected chi connectivity index (χ2v) is 5.18. The Labute approximate surface area is 115 Å². The molecule has 0 unspecified atom stereocenters. The highest BCUT2D eigenvalue weighted by molar-refractivity contribution is 9.10. The van der Waals surface area contributed by atoms with Crippen molar-refractivity contribution in [1.29, 1.82) is 0 Å². The molecule has 0 fully saturated rings. The van der Waals surface area contributed by atoms with Crippen molar-refractivity contribution in [3.05, 3.63) is 40.0 Å². The number of benzene rings is 1. The van der Waals surface area contributed by atoms with Gasteiger partial charge in [-0.05, 0) is 31.5 Å². The monoisotopic (exact) mass is 309 g/mol. The third-order valence-electron chi connectivity index (χ3n) is 2.64. The van der Waals surface area contributed by atoms with Crippen molar-refractivity contribution in [2.75, 3.05) is 0 Å². The van der Waals surface area contributed by atoms with Crippen molar-refractivity contribution in [3.8, 4) is 11.6 Å². The summed E-state index contributed by atoms with van der Waals surface area (Å²) in [4.78, 5) is 0. The number of halogens is 1. The number of hydrogen-bond acceptors (Lipinski definition) is 3. The molecule has 0 aliphatic heterocycles. The molecule has 2 N–H and O–H groups in total. The number of hydrogen-bond donors (Lipinski definition) is 1. The lowest BCUT2D eigenvalue weighted by Crippen LogP contribution is -2.05. The lowest BCUT2D eigenvalue weighted by Gasteiger charge is -2.11. The van der Waals surface area contributed by atoms with Gasteiger partial charge in [-0.2, -0.15) is 5.10 Å². The average Bonchev–Trinajstić information content (AvgIpc) is 2.57. The summed E-state index contributed by atoms with van der Waals surface area (Å²) < 4.78 is 8.44. The number of ether oxygens (including phenoxy) is 1. The summed E-state index contributed by atoms with van der Waals surface area (Å²) in [6.07, 6.45) is 0. The van der Waals surface area contributed by atoms with Crippen molar-refractivity contribution in [2.24, 2.45) is 12.8 Å². The Bertz CT molecular complexity index is 563. The van der Waals surface area contributed by atoms with Crippen LogP contribution in [0.3, 0.4) is 0 Å². The molecule has 1 aromatic carbocycles. The molecule has 0 bridgehead atoms. The molecule has 2 rings (SSSR count). The maximum atomic E-state index is 5.86. The molecular formula is C13H16BrN3O. The Balaban J connectivity index is 2.25. The van der Waals surface area contributed by atoms with Crippen LogP contribution in [0.5, 0.6) is 11.6 Å². The smallest absolute Gasteiger partial charge is 0.217 e. The van der Waals surface area contributed by atoms with Crippen LogP contribution < -0.4 is 10.5 Å². The molecular weight excluding hydrogens is 294 g/mol. The van der Waals surface area contributed by atoms with Gasteiger partial charge in [0.05, 0.1) is 5.69 Å². The van der Waals surface area contributed by atoms with E-state index in [0.29, 0.717) is 5.88 Å². The van der Waals surface area contributed by atoms with Gasteiger partial charge in [-0.1, -0.05) is 22.0 Å². The summed E-state index contributed by atoms with van der Waals surface area (Å²) >= 11 is 3.50. The molecule has 1 atom stereocenters. The highest BCUT2D eigenvalue weighted by Crippen LogP contribution is 2.29. The number of rotatable bonds is 3. The van der Waals surface area contributed by atoms with E-state index in [2.05, 4.69) is 21.0 Å². The minimum Gasteiger partial charge on any atom is -0.439 e. The summed E-state index contributed by atoms with van der Waals surface area (Å²) in [6.45, 7) is 3.88. The van der Waals surface area contributed by atoms with Gasteiger partial charge in [-0.15, -0.1) is 0 Å². The van der Waals surface area contributed by atoms with Crippen LogP contribution in [-0.4, -0.2) is 9.78 Å². The molecule has 2 aromatic rings. The molecule has 1 aromatic heterocycles. The highest BCUT2D eigenvalue weighted by Gasteiger charge is 2.08. The molecule has 0 saturated carbocycles. The zero-order valence-corrected chi connectivity index (χ0v) is 12.2. The van der Waals surface area contributed by atoms with Gasteiger partial charge < -0.3 is 10.5 Å². The first-order chi connectivity index (χ1) is 8.47. The van der Waals surface area contributed by atoms with Crippen LogP contribution in [0.25, 0.3) is 0 Å². The second-order valence-electron chi connectivity index (χ2n) is 4.32. The lowest BCUT2D eigenvalue weighted by atomic mass is 10.1. The first-order valence-corrected chi connectivity index (χ1v) is 6.50. The van der Waals surface area contributed by atoms with Crippen LogP contribution in [0.4, 0.5) is 0 Å². The van der Waals surface area contributed by atoms with Crippen molar-refractivity contribution in [1.82, 2.24) is 9.78 Å². The third kappa shape index (κ3) is 2.73. The SMILES string of the molecule is Cc1cc(Oc2ccc([C@H](C)N)c(Br)c2)n(C)n1. The van der Waals surface area contributed by atoms with Crippen molar-refractivity contribution in [3.63, 3.8) is 0 Å². The normalized spacial score (nSPS) is 12.5. The van der Waals surface area contributed by atoms with E-state index in [9.17, 15) is 0 Å². The van der Waals surface area contributed by atoms with E-state index >= 15 is 0 Å². The van der Waals surface area contributed by atoms with E-state index in [4.69, 9.17) is 10.5 Å². The van der Waals surface area contributed by atoms with Crippen LogP contribution in [0.2, 0.25) is 0 Å². The Morgan fingerprint density at radius 1 is 1.39 bits per heavy atom. The summed E-state index contributed by atoms with van der Waals surface area (Å²) in [5.74, 6) is 1.47. The zero-order valence-electron chi connectivity index (χ0n) is 10.6. The summed E-state index contributed by atoms with van der Waals surface area (Å²) in [7, 11) is 1.85. The zero-order chi connectivity index (χ0) is 13.3. The van der Waals surface area contributed by atoms with Gasteiger partial charge in [-0.25, -0.2) is 4.68 Å².